The van der Waals surface area contributed by atoms with Gasteiger partial charge < -0.3 is 26.2 Å². The van der Waals surface area contributed by atoms with E-state index in [4.69, 9.17) is 10.5 Å². The van der Waals surface area contributed by atoms with Crippen LogP contribution in [0.3, 0.4) is 0 Å². The van der Waals surface area contributed by atoms with Crippen molar-refractivity contribution in [3.8, 4) is 11.5 Å². The van der Waals surface area contributed by atoms with Gasteiger partial charge in [-0.2, -0.15) is 0 Å². The van der Waals surface area contributed by atoms with Crippen LogP contribution in [0.5, 0.6) is 11.5 Å². The van der Waals surface area contributed by atoms with E-state index in [2.05, 4.69) is 34.9 Å². The highest BCUT2D eigenvalue weighted by Crippen LogP contribution is 2.32. The van der Waals surface area contributed by atoms with Crippen LogP contribution in [0.1, 0.15) is 45.8 Å². The number of fused-ring (bicyclic) bond motifs is 1. The van der Waals surface area contributed by atoms with Crippen LogP contribution in [-0.2, 0) is 17.6 Å². The van der Waals surface area contributed by atoms with E-state index in [0.717, 1.165) is 53.1 Å². The van der Waals surface area contributed by atoms with Gasteiger partial charge in [-0.05, 0) is 96.8 Å². The fraction of sp³-hybridized carbons (Fsp3) is 0.321. The molecule has 0 radical (unpaired) electrons. The van der Waals surface area contributed by atoms with Gasteiger partial charge >= 0.3 is 0 Å². The molecule has 0 aromatic heterocycles. The molecular weight excluding hydrogens is 426 g/mol. The molecule has 0 saturated heterocycles. The Labute approximate surface area is 201 Å². The van der Waals surface area contributed by atoms with Gasteiger partial charge in [0.25, 0.3) is 0 Å². The predicted octanol–water partition coefficient (Wildman–Crippen LogP) is 4.15. The number of carbonyl (C=O) groups is 1. The van der Waals surface area contributed by atoms with Crippen LogP contribution >= 0.6 is 0 Å². The summed E-state index contributed by atoms with van der Waals surface area (Å²) >= 11 is 0. The third-order valence-corrected chi connectivity index (χ3v) is 6.54. The van der Waals surface area contributed by atoms with Crippen LogP contribution in [0.25, 0.3) is 0 Å². The fourth-order valence-electron chi connectivity index (χ4n) is 4.73. The Morgan fingerprint density at radius 3 is 2.62 bits per heavy atom. The number of methoxy groups -OCH3 is 1. The minimum absolute atomic E-state index is 0.0953. The van der Waals surface area contributed by atoms with E-state index in [1.807, 2.05) is 32.0 Å². The van der Waals surface area contributed by atoms with Crippen LogP contribution in [0.2, 0.25) is 0 Å². The summed E-state index contributed by atoms with van der Waals surface area (Å²) in [5, 5.41) is 16.4. The number of aromatic hydroxyl groups is 1. The second kappa shape index (κ2) is 10.2. The summed E-state index contributed by atoms with van der Waals surface area (Å²) in [4.78, 5) is 13.0. The van der Waals surface area contributed by atoms with Crippen LogP contribution in [-0.4, -0.2) is 30.7 Å². The highest BCUT2D eigenvalue weighted by atomic mass is 16.5. The standard InChI is InChI=1S/C28H33N3O3/c1-17-11-21(32)12-18(2)23(17)16-25(29)28(33)31-27-9-10-30-26-8-7-20(15-24(26)27)13-19-5-4-6-22(14-19)34-3/h4-8,11-12,14-15,25,27,30,32H,9-10,13,16,29H2,1-3H3,(H,31,33)/t25-,27+/m0/s1. The van der Waals surface area contributed by atoms with Crippen molar-refractivity contribution < 1.29 is 14.6 Å². The van der Waals surface area contributed by atoms with E-state index in [-0.39, 0.29) is 17.7 Å². The Morgan fingerprint density at radius 1 is 1.15 bits per heavy atom. The number of benzene rings is 3. The van der Waals surface area contributed by atoms with Crippen molar-refractivity contribution >= 4 is 11.6 Å². The number of aryl methyl sites for hydroxylation is 2. The number of amides is 1. The van der Waals surface area contributed by atoms with E-state index in [9.17, 15) is 9.90 Å². The van der Waals surface area contributed by atoms with Gasteiger partial charge in [-0.25, -0.2) is 0 Å². The quantitative estimate of drug-likeness (QED) is 0.426. The maximum Gasteiger partial charge on any atom is 0.237 e. The summed E-state index contributed by atoms with van der Waals surface area (Å²) in [5.41, 5.74) is 13.7. The molecule has 1 aliphatic heterocycles. The van der Waals surface area contributed by atoms with Crippen molar-refractivity contribution in [1.82, 2.24) is 5.32 Å². The lowest BCUT2D eigenvalue weighted by molar-refractivity contribution is -0.123. The van der Waals surface area contributed by atoms with E-state index < -0.39 is 6.04 Å². The molecule has 2 atom stereocenters. The number of nitrogens with one attached hydrogen (secondary N) is 2. The Hall–Kier alpha value is -3.51. The molecule has 3 aromatic rings. The van der Waals surface area contributed by atoms with Crippen LogP contribution < -0.4 is 21.1 Å². The van der Waals surface area contributed by atoms with Crippen molar-refractivity contribution in [2.45, 2.75) is 45.2 Å². The Morgan fingerprint density at radius 2 is 1.88 bits per heavy atom. The van der Waals surface area contributed by atoms with Crippen molar-refractivity contribution in [2.75, 3.05) is 19.0 Å². The lowest BCUT2D eigenvalue weighted by Crippen LogP contribution is -2.44. The number of carbonyl (C=O) groups excluding carboxylic acids is 1. The Kier molecular flexibility index (Phi) is 7.08. The van der Waals surface area contributed by atoms with E-state index in [0.29, 0.717) is 6.42 Å². The smallest absolute Gasteiger partial charge is 0.237 e. The summed E-state index contributed by atoms with van der Waals surface area (Å²) in [7, 11) is 1.67. The number of ether oxygens (including phenoxy) is 1. The average Bonchev–Trinajstić information content (AvgIpc) is 2.81. The van der Waals surface area contributed by atoms with Gasteiger partial charge in [0.1, 0.15) is 11.5 Å². The Bertz CT molecular complexity index is 1170. The molecule has 5 N–H and O–H groups in total. The average molecular weight is 460 g/mol. The minimum Gasteiger partial charge on any atom is -0.508 e. The van der Waals surface area contributed by atoms with Crippen LogP contribution in [0.15, 0.2) is 54.6 Å². The zero-order valence-corrected chi connectivity index (χ0v) is 20.0. The van der Waals surface area contributed by atoms with Crippen molar-refractivity contribution in [2.24, 2.45) is 5.73 Å². The lowest BCUT2D eigenvalue weighted by atomic mass is 9.92. The first-order valence-electron chi connectivity index (χ1n) is 11.7. The summed E-state index contributed by atoms with van der Waals surface area (Å²) in [6, 6.07) is 17.1. The van der Waals surface area contributed by atoms with Crippen LogP contribution in [0.4, 0.5) is 5.69 Å². The van der Waals surface area contributed by atoms with Gasteiger partial charge in [-0.1, -0.05) is 24.3 Å². The van der Waals surface area contributed by atoms with Gasteiger partial charge in [-0.15, -0.1) is 0 Å². The number of phenolic OH excluding ortho intramolecular Hbond substituents is 1. The number of phenols is 1. The van der Waals surface area contributed by atoms with Gasteiger partial charge in [0.05, 0.1) is 19.2 Å². The summed E-state index contributed by atoms with van der Waals surface area (Å²) in [5.74, 6) is 0.908. The zero-order chi connectivity index (χ0) is 24.2. The number of anilines is 1. The second-order valence-corrected chi connectivity index (χ2v) is 9.10. The monoisotopic (exact) mass is 459 g/mol. The maximum absolute atomic E-state index is 13.0. The first-order chi connectivity index (χ1) is 16.3. The van der Waals surface area contributed by atoms with Gasteiger partial charge in [-0.3, -0.25) is 4.79 Å². The summed E-state index contributed by atoms with van der Waals surface area (Å²) in [6.45, 7) is 4.65. The van der Waals surface area contributed by atoms with E-state index in [1.165, 1.54) is 11.1 Å². The molecule has 6 nitrogen and oxygen atoms in total. The number of nitrogens with two attached hydrogens (primary N) is 1. The van der Waals surface area contributed by atoms with Crippen molar-refractivity contribution in [3.63, 3.8) is 0 Å². The molecule has 3 aromatic carbocycles. The molecule has 0 spiro atoms. The molecule has 1 aliphatic rings. The summed E-state index contributed by atoms with van der Waals surface area (Å²) in [6.07, 6.45) is 2.01. The maximum atomic E-state index is 13.0. The van der Waals surface area contributed by atoms with Crippen molar-refractivity contribution in [3.05, 3.63) is 88.0 Å². The van der Waals surface area contributed by atoms with E-state index >= 15 is 0 Å². The molecule has 1 heterocycles. The molecular formula is C28H33N3O3. The molecule has 0 unspecified atom stereocenters. The molecule has 4 rings (SSSR count). The minimum atomic E-state index is -0.666. The molecule has 0 fully saturated rings. The molecule has 0 aliphatic carbocycles. The Balaban J connectivity index is 1.48. The zero-order valence-electron chi connectivity index (χ0n) is 20.0. The molecule has 34 heavy (non-hydrogen) atoms. The molecule has 0 saturated carbocycles. The second-order valence-electron chi connectivity index (χ2n) is 9.10. The first-order valence-corrected chi connectivity index (χ1v) is 11.7. The van der Waals surface area contributed by atoms with Gasteiger partial charge in [0.15, 0.2) is 0 Å². The lowest BCUT2D eigenvalue weighted by Gasteiger charge is -2.29. The van der Waals surface area contributed by atoms with E-state index in [1.54, 1.807) is 19.2 Å². The topological polar surface area (TPSA) is 96.6 Å². The third kappa shape index (κ3) is 5.34. The third-order valence-electron chi connectivity index (χ3n) is 6.54. The van der Waals surface area contributed by atoms with Gasteiger partial charge in [0.2, 0.25) is 5.91 Å². The number of rotatable bonds is 7. The predicted molar refractivity (Wildman–Crippen MR) is 135 cm³/mol. The number of hydrogen-bond acceptors (Lipinski definition) is 5. The highest BCUT2D eigenvalue weighted by Gasteiger charge is 2.25. The molecule has 6 heteroatoms. The summed E-state index contributed by atoms with van der Waals surface area (Å²) < 4.78 is 5.35. The highest BCUT2D eigenvalue weighted by molar-refractivity contribution is 5.82. The fourth-order valence-corrected chi connectivity index (χ4v) is 4.73. The molecule has 0 bridgehead atoms. The van der Waals surface area contributed by atoms with Crippen molar-refractivity contribution in [1.29, 1.82) is 0 Å². The first kappa shape index (κ1) is 23.6. The van der Waals surface area contributed by atoms with Gasteiger partial charge in [0, 0.05) is 12.2 Å². The number of hydrogen-bond donors (Lipinski definition) is 4. The SMILES string of the molecule is COc1cccc(Cc2ccc3c(c2)[C@H](NC(=O)[C@@H](N)Cc2c(C)cc(O)cc2C)CCN3)c1. The normalized spacial score (nSPS) is 15.7. The molecule has 1 amide bonds. The largest absolute Gasteiger partial charge is 0.508 e. The molecule has 178 valence electrons. The van der Waals surface area contributed by atoms with Crippen LogP contribution in [0, 0.1) is 13.8 Å².